The number of carbonyl (C=O) groups is 2. The third-order valence-corrected chi connectivity index (χ3v) is 2.67. The molecule has 0 fully saturated rings. The van der Waals surface area contributed by atoms with Crippen molar-refractivity contribution in [2.45, 2.75) is 33.6 Å². The molecule has 4 nitrogen and oxygen atoms in total. The Balaban J connectivity index is 2.16. The SMILES string of the molecule is CC(C)(C)CCC(=O)OCCOC(=O)c1ccccc1. The standard InChI is InChI=1S/C16H22O4/c1-16(2,3)10-9-14(17)19-11-12-20-15(18)13-7-5-4-6-8-13/h4-8H,9-12H2,1-3H3. The molecule has 0 saturated carbocycles. The molecule has 4 heteroatoms. The number of ether oxygens (including phenoxy) is 2. The Bertz CT molecular complexity index is 432. The van der Waals surface area contributed by atoms with Gasteiger partial charge in [0.05, 0.1) is 5.56 Å². The van der Waals surface area contributed by atoms with Crippen molar-refractivity contribution in [2.24, 2.45) is 5.41 Å². The fourth-order valence-electron chi connectivity index (χ4n) is 1.50. The van der Waals surface area contributed by atoms with Crippen LogP contribution in [0.5, 0.6) is 0 Å². The van der Waals surface area contributed by atoms with Crippen LogP contribution in [-0.2, 0) is 14.3 Å². The second-order valence-corrected chi connectivity index (χ2v) is 5.78. The van der Waals surface area contributed by atoms with E-state index in [2.05, 4.69) is 20.8 Å². The Hall–Kier alpha value is -1.84. The highest BCUT2D eigenvalue weighted by molar-refractivity contribution is 5.89. The quantitative estimate of drug-likeness (QED) is 0.592. The number of hydrogen-bond acceptors (Lipinski definition) is 4. The number of rotatable bonds is 6. The molecule has 0 aliphatic heterocycles. The second-order valence-electron chi connectivity index (χ2n) is 5.78. The molecule has 0 aromatic heterocycles. The van der Waals surface area contributed by atoms with Gasteiger partial charge in [0.15, 0.2) is 0 Å². The lowest BCUT2D eigenvalue weighted by Gasteiger charge is -2.16. The number of hydrogen-bond donors (Lipinski definition) is 0. The average molecular weight is 278 g/mol. The maximum Gasteiger partial charge on any atom is 0.338 e. The van der Waals surface area contributed by atoms with Crippen LogP contribution in [0.25, 0.3) is 0 Å². The van der Waals surface area contributed by atoms with Crippen LogP contribution in [0.3, 0.4) is 0 Å². The molecule has 0 bridgehead atoms. The smallest absolute Gasteiger partial charge is 0.338 e. The molecule has 20 heavy (non-hydrogen) atoms. The van der Waals surface area contributed by atoms with E-state index in [0.717, 1.165) is 6.42 Å². The highest BCUT2D eigenvalue weighted by atomic mass is 16.6. The lowest BCUT2D eigenvalue weighted by Crippen LogP contribution is -2.15. The first-order valence-corrected chi connectivity index (χ1v) is 6.76. The molecule has 0 spiro atoms. The van der Waals surface area contributed by atoms with E-state index in [0.29, 0.717) is 12.0 Å². The van der Waals surface area contributed by atoms with E-state index in [1.165, 1.54) is 0 Å². The molecule has 110 valence electrons. The van der Waals surface area contributed by atoms with Gasteiger partial charge in [0.25, 0.3) is 0 Å². The van der Waals surface area contributed by atoms with Crippen molar-refractivity contribution in [1.29, 1.82) is 0 Å². The van der Waals surface area contributed by atoms with Crippen LogP contribution in [0.15, 0.2) is 30.3 Å². The van der Waals surface area contributed by atoms with E-state index < -0.39 is 5.97 Å². The van der Waals surface area contributed by atoms with Crippen LogP contribution in [0, 0.1) is 5.41 Å². The molecule has 0 saturated heterocycles. The first-order chi connectivity index (χ1) is 9.38. The molecule has 0 atom stereocenters. The highest BCUT2D eigenvalue weighted by Gasteiger charge is 2.13. The van der Waals surface area contributed by atoms with Gasteiger partial charge in [-0.25, -0.2) is 4.79 Å². The molecule has 0 N–H and O–H groups in total. The molecule has 1 aromatic rings. The monoisotopic (exact) mass is 278 g/mol. The Morgan fingerprint density at radius 2 is 1.60 bits per heavy atom. The fourth-order valence-corrected chi connectivity index (χ4v) is 1.50. The third-order valence-electron chi connectivity index (χ3n) is 2.67. The summed E-state index contributed by atoms with van der Waals surface area (Å²) in [7, 11) is 0. The average Bonchev–Trinajstić information content (AvgIpc) is 2.41. The molecule has 0 heterocycles. The minimum absolute atomic E-state index is 0.0784. The molecule has 1 rings (SSSR count). The molecule has 0 radical (unpaired) electrons. The zero-order valence-corrected chi connectivity index (χ0v) is 12.3. The van der Waals surface area contributed by atoms with Crippen molar-refractivity contribution in [3.05, 3.63) is 35.9 Å². The minimum atomic E-state index is -0.406. The molecule has 0 unspecified atom stereocenters. The highest BCUT2D eigenvalue weighted by Crippen LogP contribution is 2.20. The van der Waals surface area contributed by atoms with Crippen molar-refractivity contribution in [1.82, 2.24) is 0 Å². The number of carbonyl (C=O) groups excluding carboxylic acids is 2. The molecular formula is C16H22O4. The normalized spacial score (nSPS) is 10.9. The van der Waals surface area contributed by atoms with Crippen LogP contribution in [0.2, 0.25) is 0 Å². The zero-order chi connectivity index (χ0) is 15.0. The summed E-state index contributed by atoms with van der Waals surface area (Å²) in [6.07, 6.45) is 1.16. The van der Waals surface area contributed by atoms with E-state index in [4.69, 9.17) is 9.47 Å². The van der Waals surface area contributed by atoms with Crippen LogP contribution in [0.1, 0.15) is 44.0 Å². The molecule has 0 aliphatic carbocycles. The van der Waals surface area contributed by atoms with Gasteiger partial charge < -0.3 is 9.47 Å². The molecule has 0 aliphatic rings. The Morgan fingerprint density at radius 1 is 1.00 bits per heavy atom. The van der Waals surface area contributed by atoms with Gasteiger partial charge in [-0.05, 0) is 24.0 Å². The topological polar surface area (TPSA) is 52.6 Å². The van der Waals surface area contributed by atoms with E-state index in [9.17, 15) is 9.59 Å². The van der Waals surface area contributed by atoms with Crippen molar-refractivity contribution in [2.75, 3.05) is 13.2 Å². The largest absolute Gasteiger partial charge is 0.462 e. The van der Waals surface area contributed by atoms with Gasteiger partial charge in [-0.15, -0.1) is 0 Å². The maximum atomic E-state index is 11.6. The number of benzene rings is 1. The minimum Gasteiger partial charge on any atom is -0.462 e. The lowest BCUT2D eigenvalue weighted by atomic mass is 9.91. The molecule has 0 amide bonds. The predicted molar refractivity (Wildman–Crippen MR) is 76.4 cm³/mol. The van der Waals surface area contributed by atoms with Gasteiger partial charge in [0, 0.05) is 6.42 Å². The van der Waals surface area contributed by atoms with E-state index >= 15 is 0 Å². The summed E-state index contributed by atoms with van der Waals surface area (Å²) in [4.78, 5) is 23.0. The second kappa shape index (κ2) is 7.68. The predicted octanol–water partition coefficient (Wildman–Crippen LogP) is 3.21. The fraction of sp³-hybridized carbons (Fsp3) is 0.500. The third kappa shape index (κ3) is 6.92. The van der Waals surface area contributed by atoms with Gasteiger partial charge in [-0.3, -0.25) is 4.79 Å². The van der Waals surface area contributed by atoms with Crippen LogP contribution in [-0.4, -0.2) is 25.2 Å². The van der Waals surface area contributed by atoms with Gasteiger partial charge in [0.1, 0.15) is 13.2 Å². The van der Waals surface area contributed by atoms with E-state index in [1.54, 1.807) is 24.3 Å². The van der Waals surface area contributed by atoms with E-state index in [-0.39, 0.29) is 24.6 Å². The first-order valence-electron chi connectivity index (χ1n) is 6.76. The van der Waals surface area contributed by atoms with Crippen LogP contribution >= 0.6 is 0 Å². The summed E-state index contributed by atoms with van der Waals surface area (Å²) in [6.45, 7) is 6.39. The Labute approximate surface area is 120 Å². The van der Waals surface area contributed by atoms with Crippen molar-refractivity contribution in [3.63, 3.8) is 0 Å². The first kappa shape index (κ1) is 16.2. The summed E-state index contributed by atoms with van der Waals surface area (Å²) in [5, 5.41) is 0. The van der Waals surface area contributed by atoms with Gasteiger partial charge in [0.2, 0.25) is 0 Å². The molecule has 1 aromatic carbocycles. The summed E-state index contributed by atoms with van der Waals surface area (Å²) in [5.74, 6) is -0.660. The van der Waals surface area contributed by atoms with Crippen molar-refractivity contribution >= 4 is 11.9 Å². The van der Waals surface area contributed by atoms with Gasteiger partial charge in [-0.1, -0.05) is 39.0 Å². The summed E-state index contributed by atoms with van der Waals surface area (Å²) in [6, 6.07) is 8.72. The summed E-state index contributed by atoms with van der Waals surface area (Å²) in [5.41, 5.74) is 0.602. The Kier molecular flexibility index (Phi) is 6.22. The maximum absolute atomic E-state index is 11.6. The zero-order valence-electron chi connectivity index (χ0n) is 12.3. The molecular weight excluding hydrogens is 256 g/mol. The Morgan fingerprint density at radius 3 is 2.20 bits per heavy atom. The van der Waals surface area contributed by atoms with Crippen LogP contribution in [0.4, 0.5) is 0 Å². The van der Waals surface area contributed by atoms with Crippen molar-refractivity contribution < 1.29 is 19.1 Å². The van der Waals surface area contributed by atoms with Crippen LogP contribution < -0.4 is 0 Å². The van der Waals surface area contributed by atoms with Crippen molar-refractivity contribution in [3.8, 4) is 0 Å². The summed E-state index contributed by atoms with van der Waals surface area (Å²) >= 11 is 0. The van der Waals surface area contributed by atoms with Gasteiger partial charge in [-0.2, -0.15) is 0 Å². The van der Waals surface area contributed by atoms with E-state index in [1.807, 2.05) is 6.07 Å². The summed E-state index contributed by atoms with van der Waals surface area (Å²) < 4.78 is 10.0. The number of esters is 2. The van der Waals surface area contributed by atoms with Gasteiger partial charge >= 0.3 is 11.9 Å². The lowest BCUT2D eigenvalue weighted by molar-refractivity contribution is -0.145.